The molecule has 0 saturated heterocycles. The summed E-state index contributed by atoms with van der Waals surface area (Å²) < 4.78 is 113. The van der Waals surface area contributed by atoms with Gasteiger partial charge in [-0.05, 0) is 57.4 Å². The Kier molecular flexibility index (Phi) is 64.8. The van der Waals surface area contributed by atoms with Crippen LogP contribution >= 0.6 is 0 Å². The number of nitrogens with zero attached hydrogens (tertiary/aromatic N) is 3. The summed E-state index contributed by atoms with van der Waals surface area (Å²) >= 11 is 0. The zero-order valence-electron chi connectivity index (χ0n) is 83.5. The zero-order chi connectivity index (χ0) is 111. The van der Waals surface area contributed by atoms with Crippen LogP contribution in [0.15, 0.2) is 204 Å². The SMILES string of the molecule is C=CC(=O)CCCC(COCC(COC(=O)C=C)(COC(=O)C=C)COC(=O)NCCCCCCn1c(=O)n(CCCCCCNC(=O)OCC(COCC(COC(=O)C=C)(COC(=O)C=C)COC(=O)C=C)(COC(=O)C=C)COC(=O)C=C)c(=O)n(CCCCCCNC(=O)OCC(COCC(COC(=O)C=C)(COC(=O)C=C)COC(=O)C=C)(COC(=O)C=C)COC(=O)C=C)c1=O)(COC(=O)C=C)COC(=O)C=C. The van der Waals surface area contributed by atoms with Crippen molar-refractivity contribution in [3.05, 3.63) is 221 Å². The fraction of sp³-hybridized carbons (Fsp3) is 0.495. The van der Waals surface area contributed by atoms with Crippen LogP contribution in [-0.2, 0) is 186 Å². The molecule has 0 aliphatic heterocycles. The highest BCUT2D eigenvalue weighted by Gasteiger charge is 2.45. The molecule has 816 valence electrons. The van der Waals surface area contributed by atoms with Gasteiger partial charge < -0.3 is 111 Å². The number of esters is 14. The lowest BCUT2D eigenvalue weighted by molar-refractivity contribution is -0.170. The molecule has 0 radical (unpaired) electrons. The van der Waals surface area contributed by atoms with Gasteiger partial charge in [-0.15, -0.1) is 0 Å². The first kappa shape index (κ1) is 130. The Labute approximate surface area is 855 Å². The first-order chi connectivity index (χ1) is 70.6. The van der Waals surface area contributed by atoms with Gasteiger partial charge in [0.1, 0.15) is 112 Å². The van der Waals surface area contributed by atoms with Crippen LogP contribution < -0.4 is 33.0 Å². The van der Waals surface area contributed by atoms with Gasteiger partial charge in [0.2, 0.25) is 0 Å². The summed E-state index contributed by atoms with van der Waals surface area (Å²) in [6, 6.07) is 0. The molecule has 47 heteroatoms. The van der Waals surface area contributed by atoms with E-state index in [1.807, 2.05) is 0 Å². The van der Waals surface area contributed by atoms with Crippen molar-refractivity contribution in [2.45, 2.75) is 116 Å². The van der Waals surface area contributed by atoms with E-state index in [0.717, 1.165) is 105 Å². The van der Waals surface area contributed by atoms with Gasteiger partial charge in [0.15, 0.2) is 5.78 Å². The second-order valence-electron chi connectivity index (χ2n) is 33.4. The van der Waals surface area contributed by atoms with Crippen LogP contribution in [0.4, 0.5) is 14.4 Å². The lowest BCUT2D eigenvalue weighted by atomic mass is 9.84. The van der Waals surface area contributed by atoms with Crippen LogP contribution in [-0.4, -0.2) is 293 Å². The van der Waals surface area contributed by atoms with Crippen molar-refractivity contribution in [2.24, 2.45) is 32.5 Å². The Balaban J connectivity index is 3.77. The van der Waals surface area contributed by atoms with Crippen LogP contribution in [0.3, 0.4) is 0 Å². The Bertz CT molecular complexity index is 4480. The second kappa shape index (κ2) is 73.5. The largest absolute Gasteiger partial charge is 0.462 e. The van der Waals surface area contributed by atoms with Crippen LogP contribution in [0.5, 0.6) is 0 Å². The average Bonchev–Trinajstić information content (AvgIpc) is 0.782. The normalized spacial score (nSPS) is 11.1. The van der Waals surface area contributed by atoms with Gasteiger partial charge in [0.25, 0.3) is 0 Å². The van der Waals surface area contributed by atoms with Crippen molar-refractivity contribution in [3.63, 3.8) is 0 Å². The lowest BCUT2D eigenvalue weighted by Gasteiger charge is -2.35. The number of ketones is 1. The van der Waals surface area contributed by atoms with E-state index >= 15 is 0 Å². The second-order valence-corrected chi connectivity index (χ2v) is 33.4. The number of hydrogen-bond acceptors (Lipinski definition) is 41. The van der Waals surface area contributed by atoms with Crippen molar-refractivity contribution < 1.29 is 181 Å². The molecule has 0 aliphatic rings. The minimum absolute atomic E-state index is 0.0205. The zero-order valence-corrected chi connectivity index (χ0v) is 83.5. The van der Waals surface area contributed by atoms with Gasteiger partial charge in [-0.25, -0.2) is 110 Å². The standard InChI is InChI=1S/C101H136N6O41/c1-16-75(108)44-43-45-96(58-132-76(109)17-2,59-133-77(110)18-3)52-129-55-99(66-140-84(117)25-10,67-141-85(118)26-11)72-146-90(123)102-46-37-31-34-40-49-105-93(126)106(50-41-35-32-38-47-103-91(124)147-73-100(68-142-86(119)27-12,69-143-87(120)28-13)56-130-53-97(60-134-78(111)19-4,61-135-79(112)20-5)62-136-80(113)21-6)95(128)107(94(105)127)51-42-36-33-39-48-104-92(125)148-74-101(70-144-88(121)29-14,71-145-89(122)30-15)57-131-54-98(63-137-81(114)22-7,64-138-82(115)23-8)65-139-83(116)24-9/h16-30H,1-15,31-74H2,(H,102,123)(H,103,124)(H,104,125). The van der Waals surface area contributed by atoms with E-state index in [0.29, 0.717) is 38.5 Å². The number of nitrogens with one attached hydrogen (secondary N) is 3. The number of amides is 3. The molecule has 1 aromatic rings. The molecular weight excluding hydrogens is 1950 g/mol. The highest BCUT2D eigenvalue weighted by atomic mass is 16.6. The molecule has 0 atom stereocenters. The number of carbonyl (C=O) groups is 18. The minimum Gasteiger partial charge on any atom is -0.462 e. The lowest BCUT2D eigenvalue weighted by Crippen LogP contribution is -2.54. The quantitative estimate of drug-likeness (QED) is 0.0285. The van der Waals surface area contributed by atoms with Crippen molar-refractivity contribution in [1.29, 1.82) is 0 Å². The molecule has 0 fully saturated rings. The molecule has 3 N–H and O–H groups in total. The number of unbranched alkanes of at least 4 members (excludes halogenated alkanes) is 9. The fourth-order valence-corrected chi connectivity index (χ4v) is 12.6. The van der Waals surface area contributed by atoms with Gasteiger partial charge in [-0.1, -0.05) is 137 Å². The highest BCUT2D eigenvalue weighted by Crippen LogP contribution is 2.33. The molecule has 3 amide bonds. The van der Waals surface area contributed by atoms with E-state index in [9.17, 15) is 101 Å². The molecule has 0 unspecified atom stereocenters. The summed E-state index contributed by atoms with van der Waals surface area (Å²) in [5.74, 6) is -13.4. The van der Waals surface area contributed by atoms with Crippen molar-refractivity contribution in [1.82, 2.24) is 29.7 Å². The predicted molar refractivity (Wildman–Crippen MR) is 525 cm³/mol. The summed E-state index contributed by atoms with van der Waals surface area (Å²) in [7, 11) is 0. The molecule has 1 aromatic heterocycles. The molecule has 0 aliphatic carbocycles. The number of rotatable bonds is 86. The Morgan fingerprint density at radius 1 is 0.196 bits per heavy atom. The maximum absolute atomic E-state index is 14.4. The number of hydrogen-bond donors (Lipinski definition) is 3. The number of alkyl carbamates (subject to hydrolysis) is 3. The van der Waals surface area contributed by atoms with Gasteiger partial charge >= 0.3 is 119 Å². The van der Waals surface area contributed by atoms with Crippen molar-refractivity contribution in [3.8, 4) is 0 Å². The predicted octanol–water partition coefficient (Wildman–Crippen LogP) is 6.13. The molecule has 0 bridgehead atoms. The van der Waals surface area contributed by atoms with Gasteiger partial charge in [0, 0.05) is 131 Å². The minimum atomic E-state index is -1.76. The Morgan fingerprint density at radius 2 is 0.351 bits per heavy atom. The van der Waals surface area contributed by atoms with Gasteiger partial charge in [-0.3, -0.25) is 4.79 Å². The van der Waals surface area contributed by atoms with E-state index in [1.54, 1.807) is 0 Å². The van der Waals surface area contributed by atoms with Crippen LogP contribution in [0.2, 0.25) is 0 Å². The molecular formula is C101H136N6O41. The fourth-order valence-electron chi connectivity index (χ4n) is 12.6. The summed E-state index contributed by atoms with van der Waals surface area (Å²) in [6.07, 6.45) is 13.3. The van der Waals surface area contributed by atoms with Gasteiger partial charge in [0.05, 0.1) is 72.1 Å². The molecule has 148 heavy (non-hydrogen) atoms. The number of carbonyl (C=O) groups excluding carboxylic acids is 18. The van der Waals surface area contributed by atoms with Crippen molar-refractivity contribution in [2.75, 3.05) is 172 Å². The maximum atomic E-state index is 14.4. The molecule has 47 nitrogen and oxygen atoms in total. The molecule has 0 aromatic carbocycles. The van der Waals surface area contributed by atoms with E-state index in [4.69, 9.17) is 94.7 Å². The Hall–Kier alpha value is -15.6. The van der Waals surface area contributed by atoms with Crippen LogP contribution in [0.25, 0.3) is 0 Å². The average molecular weight is 2090 g/mol. The van der Waals surface area contributed by atoms with E-state index in [1.165, 1.54) is 0 Å². The topological polar surface area (TPSA) is 594 Å². The highest BCUT2D eigenvalue weighted by molar-refractivity contribution is 5.89. The number of ether oxygens (including phenoxy) is 20. The summed E-state index contributed by atoms with van der Waals surface area (Å²) in [5, 5.41) is 7.76. The Morgan fingerprint density at radius 3 is 0.520 bits per heavy atom. The van der Waals surface area contributed by atoms with Crippen LogP contribution in [0, 0.1) is 32.5 Å². The molecule has 0 saturated carbocycles. The smallest absolute Gasteiger partial charge is 0.407 e. The van der Waals surface area contributed by atoms with Crippen molar-refractivity contribution >= 4 is 108 Å². The monoisotopic (exact) mass is 2090 g/mol. The van der Waals surface area contributed by atoms with Gasteiger partial charge in [-0.2, -0.15) is 0 Å². The number of allylic oxidation sites excluding steroid dienone is 1. The third-order valence-electron chi connectivity index (χ3n) is 21.1. The molecule has 1 rings (SSSR count). The number of aromatic nitrogens is 3. The molecule has 0 spiro atoms. The first-order valence-electron chi connectivity index (χ1n) is 46.3. The summed E-state index contributed by atoms with van der Waals surface area (Å²) in [5.41, 5.74) is -12.8. The summed E-state index contributed by atoms with van der Waals surface area (Å²) in [6.45, 7) is 36.1. The van der Waals surface area contributed by atoms with E-state index < -0.39 is 303 Å². The van der Waals surface area contributed by atoms with E-state index in [2.05, 4.69) is 115 Å². The van der Waals surface area contributed by atoms with E-state index in [-0.39, 0.29) is 103 Å². The first-order valence-corrected chi connectivity index (χ1v) is 46.3. The molecule has 1 heterocycles. The maximum Gasteiger partial charge on any atom is 0.407 e. The third-order valence-corrected chi connectivity index (χ3v) is 21.1. The third kappa shape index (κ3) is 53.9. The summed E-state index contributed by atoms with van der Waals surface area (Å²) in [4.78, 5) is 270. The van der Waals surface area contributed by atoms with Crippen LogP contribution in [0.1, 0.15) is 96.3 Å².